The number of pyridine rings is 1. The van der Waals surface area contributed by atoms with E-state index in [1.807, 2.05) is 25.1 Å². The van der Waals surface area contributed by atoms with Crippen LogP contribution in [0.3, 0.4) is 0 Å². The standard InChI is InChI=1S/C19H33N5O2/c1-5-20-18(22-12-10-16-9-7-8-11-21-16)23-14-17(13-15(3)4)24-19(25)26-6-2/h7-9,11,15,17H,5-6,10,12-14H2,1-4H3,(H,24,25)(H2,20,22,23). The number of nitrogens with zero attached hydrogens (tertiary/aromatic N) is 2. The lowest BCUT2D eigenvalue weighted by molar-refractivity contribution is 0.147. The summed E-state index contributed by atoms with van der Waals surface area (Å²) in [7, 11) is 0. The Kier molecular flexibility index (Phi) is 10.8. The fraction of sp³-hybridized carbons (Fsp3) is 0.632. The Morgan fingerprint density at radius 3 is 2.69 bits per heavy atom. The smallest absolute Gasteiger partial charge is 0.407 e. The van der Waals surface area contributed by atoms with Crippen LogP contribution in [0.4, 0.5) is 4.79 Å². The van der Waals surface area contributed by atoms with Gasteiger partial charge in [0.2, 0.25) is 0 Å². The SMILES string of the molecule is CCNC(=NCC(CC(C)C)NC(=O)OCC)NCCc1ccccn1. The Morgan fingerprint density at radius 1 is 1.27 bits per heavy atom. The van der Waals surface area contributed by atoms with Gasteiger partial charge < -0.3 is 20.7 Å². The van der Waals surface area contributed by atoms with Gasteiger partial charge in [0.15, 0.2) is 5.96 Å². The van der Waals surface area contributed by atoms with E-state index in [1.165, 1.54) is 0 Å². The summed E-state index contributed by atoms with van der Waals surface area (Å²) in [4.78, 5) is 20.6. The first kappa shape index (κ1) is 21.7. The lowest BCUT2D eigenvalue weighted by Crippen LogP contribution is -2.42. The minimum absolute atomic E-state index is 0.0553. The van der Waals surface area contributed by atoms with E-state index in [0.29, 0.717) is 19.1 Å². The largest absolute Gasteiger partial charge is 0.450 e. The van der Waals surface area contributed by atoms with Crippen molar-refractivity contribution in [3.05, 3.63) is 30.1 Å². The molecule has 26 heavy (non-hydrogen) atoms. The van der Waals surface area contributed by atoms with Crippen molar-refractivity contribution in [3.63, 3.8) is 0 Å². The zero-order valence-corrected chi connectivity index (χ0v) is 16.4. The van der Waals surface area contributed by atoms with Crippen molar-refractivity contribution < 1.29 is 9.53 Å². The molecule has 0 spiro atoms. The molecule has 1 atom stereocenters. The van der Waals surface area contributed by atoms with Crippen molar-refractivity contribution in [2.75, 3.05) is 26.2 Å². The number of amides is 1. The third-order valence-electron chi connectivity index (χ3n) is 3.57. The summed E-state index contributed by atoms with van der Waals surface area (Å²) in [6, 6.07) is 5.85. The molecule has 1 heterocycles. The second-order valence-corrected chi connectivity index (χ2v) is 6.41. The molecule has 1 aromatic rings. The number of aromatic nitrogens is 1. The molecule has 3 N–H and O–H groups in total. The molecule has 0 aromatic carbocycles. The average Bonchev–Trinajstić information content (AvgIpc) is 2.60. The quantitative estimate of drug-likeness (QED) is 0.439. The fourth-order valence-corrected chi connectivity index (χ4v) is 2.49. The maximum atomic E-state index is 11.7. The molecule has 1 rings (SSSR count). The Hall–Kier alpha value is -2.31. The normalized spacial score (nSPS) is 12.6. The summed E-state index contributed by atoms with van der Waals surface area (Å²) in [5.41, 5.74) is 1.04. The number of carbonyl (C=O) groups is 1. The number of hydrogen-bond acceptors (Lipinski definition) is 4. The maximum absolute atomic E-state index is 11.7. The van der Waals surface area contributed by atoms with Gasteiger partial charge in [-0.25, -0.2) is 4.79 Å². The second kappa shape index (κ2) is 13.0. The summed E-state index contributed by atoms with van der Waals surface area (Å²) in [5.74, 6) is 1.19. The third-order valence-corrected chi connectivity index (χ3v) is 3.57. The highest BCUT2D eigenvalue weighted by molar-refractivity contribution is 5.79. The molecule has 0 radical (unpaired) electrons. The van der Waals surface area contributed by atoms with Gasteiger partial charge in [0, 0.05) is 31.4 Å². The number of aliphatic imine (C=N–C) groups is 1. The first-order valence-electron chi connectivity index (χ1n) is 9.40. The molecule has 146 valence electrons. The lowest BCUT2D eigenvalue weighted by atomic mass is 10.0. The molecular formula is C19H33N5O2. The maximum Gasteiger partial charge on any atom is 0.407 e. The van der Waals surface area contributed by atoms with Crippen LogP contribution in [0.25, 0.3) is 0 Å². The molecule has 7 heteroatoms. The van der Waals surface area contributed by atoms with Gasteiger partial charge in [-0.05, 0) is 38.3 Å². The van der Waals surface area contributed by atoms with E-state index in [9.17, 15) is 4.79 Å². The zero-order valence-electron chi connectivity index (χ0n) is 16.4. The van der Waals surface area contributed by atoms with E-state index in [0.717, 1.165) is 37.6 Å². The van der Waals surface area contributed by atoms with E-state index in [2.05, 4.69) is 39.8 Å². The van der Waals surface area contributed by atoms with Crippen LogP contribution in [0.1, 0.15) is 39.8 Å². The molecule has 7 nitrogen and oxygen atoms in total. The summed E-state index contributed by atoms with van der Waals surface area (Å²) in [6.45, 7) is 10.4. The van der Waals surface area contributed by atoms with E-state index >= 15 is 0 Å². The highest BCUT2D eigenvalue weighted by Crippen LogP contribution is 2.05. The van der Waals surface area contributed by atoms with Gasteiger partial charge in [-0.15, -0.1) is 0 Å². The molecule has 1 amide bonds. The van der Waals surface area contributed by atoms with Crippen LogP contribution < -0.4 is 16.0 Å². The van der Waals surface area contributed by atoms with Gasteiger partial charge in [0.25, 0.3) is 0 Å². The number of rotatable bonds is 10. The molecule has 0 aliphatic carbocycles. The predicted molar refractivity (Wildman–Crippen MR) is 105 cm³/mol. The van der Waals surface area contributed by atoms with Gasteiger partial charge in [-0.1, -0.05) is 19.9 Å². The second-order valence-electron chi connectivity index (χ2n) is 6.41. The van der Waals surface area contributed by atoms with Crippen LogP contribution in [0, 0.1) is 5.92 Å². The van der Waals surface area contributed by atoms with Crippen molar-refractivity contribution in [3.8, 4) is 0 Å². The Morgan fingerprint density at radius 2 is 2.08 bits per heavy atom. The Labute approximate surface area is 157 Å². The van der Waals surface area contributed by atoms with Crippen molar-refractivity contribution in [1.29, 1.82) is 0 Å². The summed E-state index contributed by atoms with van der Waals surface area (Å²) >= 11 is 0. The van der Waals surface area contributed by atoms with E-state index < -0.39 is 0 Å². The number of carbonyl (C=O) groups excluding carboxylic acids is 1. The first-order chi connectivity index (χ1) is 12.5. The minimum atomic E-state index is -0.388. The first-order valence-corrected chi connectivity index (χ1v) is 9.40. The molecule has 0 bridgehead atoms. The lowest BCUT2D eigenvalue weighted by Gasteiger charge is -2.19. The summed E-state index contributed by atoms with van der Waals surface area (Å²) < 4.78 is 4.99. The van der Waals surface area contributed by atoms with Crippen LogP contribution >= 0.6 is 0 Å². The van der Waals surface area contributed by atoms with Crippen LogP contribution in [0.2, 0.25) is 0 Å². The third kappa shape index (κ3) is 9.86. The fourth-order valence-electron chi connectivity index (χ4n) is 2.49. The number of guanidine groups is 1. The van der Waals surface area contributed by atoms with E-state index in [-0.39, 0.29) is 12.1 Å². The minimum Gasteiger partial charge on any atom is -0.450 e. The van der Waals surface area contributed by atoms with E-state index in [4.69, 9.17) is 4.74 Å². The van der Waals surface area contributed by atoms with Crippen molar-refractivity contribution in [2.45, 2.75) is 46.6 Å². The van der Waals surface area contributed by atoms with Crippen molar-refractivity contribution in [1.82, 2.24) is 20.9 Å². The number of nitrogens with one attached hydrogen (secondary N) is 3. The number of hydrogen-bond donors (Lipinski definition) is 3. The molecule has 1 unspecified atom stereocenters. The van der Waals surface area contributed by atoms with Gasteiger partial charge in [-0.2, -0.15) is 0 Å². The molecule has 0 saturated carbocycles. The van der Waals surface area contributed by atoms with Crippen LogP contribution in [0.5, 0.6) is 0 Å². The summed E-state index contributed by atoms with van der Waals surface area (Å²) in [5, 5.41) is 9.44. The van der Waals surface area contributed by atoms with Gasteiger partial charge in [-0.3, -0.25) is 9.98 Å². The Bertz CT molecular complexity index is 534. The molecule has 0 fully saturated rings. The monoisotopic (exact) mass is 363 g/mol. The Balaban J connectivity index is 2.57. The molecule has 0 saturated heterocycles. The highest BCUT2D eigenvalue weighted by atomic mass is 16.5. The van der Waals surface area contributed by atoms with Crippen LogP contribution in [-0.4, -0.2) is 49.3 Å². The average molecular weight is 364 g/mol. The van der Waals surface area contributed by atoms with Gasteiger partial charge in [0.1, 0.15) is 0 Å². The van der Waals surface area contributed by atoms with Gasteiger partial charge in [0.05, 0.1) is 19.2 Å². The number of ether oxygens (including phenoxy) is 1. The van der Waals surface area contributed by atoms with Crippen LogP contribution in [-0.2, 0) is 11.2 Å². The number of alkyl carbamates (subject to hydrolysis) is 1. The topological polar surface area (TPSA) is 87.6 Å². The molecule has 1 aromatic heterocycles. The highest BCUT2D eigenvalue weighted by Gasteiger charge is 2.14. The predicted octanol–water partition coefficient (Wildman–Crippen LogP) is 2.34. The molecular weight excluding hydrogens is 330 g/mol. The van der Waals surface area contributed by atoms with Crippen molar-refractivity contribution >= 4 is 12.1 Å². The molecule has 0 aliphatic rings. The van der Waals surface area contributed by atoms with Crippen LogP contribution in [0.15, 0.2) is 29.4 Å². The van der Waals surface area contributed by atoms with Crippen molar-refractivity contribution in [2.24, 2.45) is 10.9 Å². The molecule has 0 aliphatic heterocycles. The van der Waals surface area contributed by atoms with E-state index in [1.54, 1.807) is 13.1 Å². The zero-order chi connectivity index (χ0) is 19.2. The van der Waals surface area contributed by atoms with Gasteiger partial charge >= 0.3 is 6.09 Å². The summed E-state index contributed by atoms with van der Waals surface area (Å²) in [6.07, 6.45) is 3.07.